The molecule has 0 atom stereocenters. The zero-order valence-electron chi connectivity index (χ0n) is 15.3. The van der Waals surface area contributed by atoms with Crippen LogP contribution < -0.4 is 11.1 Å². The first-order chi connectivity index (χ1) is 12.1. The molecule has 0 saturated heterocycles. The van der Waals surface area contributed by atoms with Crippen LogP contribution in [0, 0.1) is 0 Å². The van der Waals surface area contributed by atoms with Crippen LogP contribution in [-0.4, -0.2) is 24.5 Å². The Balaban J connectivity index is 1.60. The summed E-state index contributed by atoms with van der Waals surface area (Å²) in [4.78, 5) is 6.78. The zero-order valence-corrected chi connectivity index (χ0v) is 15.3. The van der Waals surface area contributed by atoms with Gasteiger partial charge in [0.05, 0.1) is 6.54 Å². The highest BCUT2D eigenvalue weighted by Crippen LogP contribution is 2.24. The van der Waals surface area contributed by atoms with Crippen molar-refractivity contribution in [3.05, 3.63) is 64.7 Å². The van der Waals surface area contributed by atoms with Crippen LogP contribution >= 0.6 is 0 Å². The number of fused-ring (bicyclic) bond motifs is 1. The smallest absolute Gasteiger partial charge is 0.193 e. The van der Waals surface area contributed by atoms with E-state index >= 15 is 0 Å². The van der Waals surface area contributed by atoms with E-state index in [0.29, 0.717) is 12.5 Å². The molecule has 0 fully saturated rings. The number of anilines is 1. The van der Waals surface area contributed by atoms with E-state index in [9.17, 15) is 0 Å². The van der Waals surface area contributed by atoms with Crippen LogP contribution in [0.2, 0.25) is 0 Å². The van der Waals surface area contributed by atoms with Gasteiger partial charge in [-0.1, -0.05) is 37.3 Å². The molecule has 0 bridgehead atoms. The van der Waals surface area contributed by atoms with Gasteiger partial charge in [0.2, 0.25) is 0 Å². The largest absolute Gasteiger partial charge is 0.370 e. The molecule has 0 saturated carbocycles. The number of rotatable bonds is 6. The number of hydrogen-bond donors (Lipinski definition) is 2. The third-order valence-electron chi connectivity index (χ3n) is 4.79. The van der Waals surface area contributed by atoms with E-state index in [1.165, 1.54) is 41.5 Å². The summed E-state index contributed by atoms with van der Waals surface area (Å²) < 4.78 is 0. The van der Waals surface area contributed by atoms with Gasteiger partial charge in [0.1, 0.15) is 0 Å². The van der Waals surface area contributed by atoms with Crippen molar-refractivity contribution < 1.29 is 0 Å². The fourth-order valence-electron chi connectivity index (χ4n) is 3.26. The Labute approximate surface area is 150 Å². The lowest BCUT2D eigenvalue weighted by Gasteiger charge is -2.14. The fourth-order valence-corrected chi connectivity index (χ4v) is 3.26. The van der Waals surface area contributed by atoms with E-state index in [-0.39, 0.29) is 0 Å². The van der Waals surface area contributed by atoms with Crippen LogP contribution in [0.3, 0.4) is 0 Å². The van der Waals surface area contributed by atoms with Gasteiger partial charge in [-0.2, -0.15) is 0 Å². The second kappa shape index (κ2) is 8.17. The predicted octanol–water partition coefficient (Wildman–Crippen LogP) is 3.55. The topological polar surface area (TPSA) is 53.6 Å². The van der Waals surface area contributed by atoms with E-state index in [1.54, 1.807) is 0 Å². The highest BCUT2D eigenvalue weighted by Gasteiger charge is 2.10. The minimum atomic E-state index is 0.467. The first kappa shape index (κ1) is 17.5. The van der Waals surface area contributed by atoms with E-state index in [4.69, 9.17) is 5.73 Å². The molecule has 2 aromatic rings. The molecular weight excluding hydrogens is 308 g/mol. The van der Waals surface area contributed by atoms with Gasteiger partial charge in [-0.25, -0.2) is 4.99 Å². The van der Waals surface area contributed by atoms with E-state index in [1.807, 2.05) is 0 Å². The lowest BCUT2D eigenvalue weighted by Crippen LogP contribution is -2.22. The summed E-state index contributed by atoms with van der Waals surface area (Å²) in [5.74, 6) is 0.467. The minimum Gasteiger partial charge on any atom is -0.370 e. The van der Waals surface area contributed by atoms with Gasteiger partial charge >= 0.3 is 0 Å². The van der Waals surface area contributed by atoms with Gasteiger partial charge in [0.25, 0.3) is 0 Å². The summed E-state index contributed by atoms with van der Waals surface area (Å²) in [7, 11) is 2.13. The third kappa shape index (κ3) is 4.83. The van der Waals surface area contributed by atoms with Gasteiger partial charge in [0.15, 0.2) is 5.96 Å². The number of aryl methyl sites for hydroxylation is 2. The van der Waals surface area contributed by atoms with Crippen molar-refractivity contribution in [2.45, 2.75) is 39.3 Å². The lowest BCUT2D eigenvalue weighted by molar-refractivity contribution is 0.345. The average Bonchev–Trinajstić information content (AvgIpc) is 3.08. The molecule has 0 heterocycles. The summed E-state index contributed by atoms with van der Waals surface area (Å²) in [6, 6.07) is 15.0. The minimum absolute atomic E-state index is 0.467. The molecule has 3 N–H and O–H groups in total. The van der Waals surface area contributed by atoms with Crippen molar-refractivity contribution in [1.82, 2.24) is 4.90 Å². The number of hydrogen-bond acceptors (Lipinski definition) is 2. The quantitative estimate of drug-likeness (QED) is 0.626. The number of guanidine groups is 1. The van der Waals surface area contributed by atoms with E-state index in [2.05, 4.69) is 71.6 Å². The lowest BCUT2D eigenvalue weighted by atomic mass is 10.1. The van der Waals surface area contributed by atoms with E-state index < -0.39 is 0 Å². The summed E-state index contributed by atoms with van der Waals surface area (Å²) in [5, 5.41) is 3.22. The van der Waals surface area contributed by atoms with Crippen LogP contribution in [-0.2, 0) is 25.9 Å². The monoisotopic (exact) mass is 336 g/mol. The summed E-state index contributed by atoms with van der Waals surface area (Å²) in [6.45, 7) is 4.75. The zero-order chi connectivity index (χ0) is 17.6. The fraction of sp³-hybridized carbons (Fsp3) is 0.381. The third-order valence-corrected chi connectivity index (χ3v) is 4.79. The van der Waals surface area contributed by atoms with Gasteiger partial charge in [-0.05, 0) is 67.2 Å². The SMILES string of the molecule is CCN(C)Cc1cccc(CN=C(N)Nc2ccc3c(c2)CCC3)c1. The number of nitrogens with one attached hydrogen (secondary N) is 1. The van der Waals surface area contributed by atoms with Crippen molar-refractivity contribution in [1.29, 1.82) is 0 Å². The maximum absolute atomic E-state index is 6.07. The first-order valence-corrected chi connectivity index (χ1v) is 9.09. The number of aliphatic imine (C=N–C) groups is 1. The molecular formula is C21H28N4. The molecule has 1 aliphatic rings. The molecule has 0 aromatic heterocycles. The second-order valence-corrected chi connectivity index (χ2v) is 6.81. The molecule has 4 heteroatoms. The summed E-state index contributed by atoms with van der Waals surface area (Å²) >= 11 is 0. The van der Waals surface area contributed by atoms with Crippen LogP contribution in [0.15, 0.2) is 47.5 Å². The van der Waals surface area contributed by atoms with Gasteiger partial charge in [0, 0.05) is 12.2 Å². The van der Waals surface area contributed by atoms with Crippen LogP contribution in [0.25, 0.3) is 0 Å². The van der Waals surface area contributed by atoms with Gasteiger partial charge in [-0.3, -0.25) is 0 Å². The first-order valence-electron chi connectivity index (χ1n) is 9.09. The average molecular weight is 336 g/mol. The molecule has 132 valence electrons. The summed E-state index contributed by atoms with van der Waals surface area (Å²) in [5.41, 5.74) is 12.5. The van der Waals surface area contributed by atoms with Crippen LogP contribution in [0.5, 0.6) is 0 Å². The molecule has 4 nitrogen and oxygen atoms in total. The molecule has 3 rings (SSSR count). The number of nitrogens with two attached hydrogens (primary N) is 1. The predicted molar refractivity (Wildman–Crippen MR) is 106 cm³/mol. The molecule has 0 spiro atoms. The van der Waals surface area contributed by atoms with Crippen molar-refractivity contribution in [3.8, 4) is 0 Å². The van der Waals surface area contributed by atoms with Crippen LogP contribution in [0.4, 0.5) is 5.69 Å². The van der Waals surface area contributed by atoms with Crippen molar-refractivity contribution in [2.24, 2.45) is 10.7 Å². The van der Waals surface area contributed by atoms with Crippen molar-refractivity contribution in [3.63, 3.8) is 0 Å². The highest BCUT2D eigenvalue weighted by atomic mass is 15.1. The molecule has 0 unspecified atom stereocenters. The Hall–Kier alpha value is -2.33. The van der Waals surface area contributed by atoms with E-state index in [0.717, 1.165) is 18.8 Å². The van der Waals surface area contributed by atoms with Crippen LogP contribution in [0.1, 0.15) is 35.6 Å². The number of benzene rings is 2. The van der Waals surface area contributed by atoms with Gasteiger partial charge in [-0.15, -0.1) is 0 Å². The maximum atomic E-state index is 6.07. The van der Waals surface area contributed by atoms with Crippen molar-refractivity contribution in [2.75, 3.05) is 18.9 Å². The normalized spacial score (nSPS) is 14.0. The number of nitrogens with zero attached hydrogens (tertiary/aromatic N) is 2. The van der Waals surface area contributed by atoms with Crippen molar-refractivity contribution >= 4 is 11.6 Å². The molecule has 0 aliphatic heterocycles. The standard InChI is InChI=1S/C21H28N4/c1-3-25(2)15-17-7-4-6-16(12-17)14-23-21(22)24-20-11-10-18-8-5-9-19(18)13-20/h4,6-7,10-13H,3,5,8-9,14-15H2,1-2H3,(H3,22,23,24). The van der Waals surface area contributed by atoms with Gasteiger partial charge < -0.3 is 16.0 Å². The second-order valence-electron chi connectivity index (χ2n) is 6.81. The Morgan fingerprint density at radius 2 is 1.92 bits per heavy atom. The Bertz CT molecular complexity index is 751. The molecule has 0 amide bonds. The Morgan fingerprint density at radius 1 is 1.12 bits per heavy atom. The highest BCUT2D eigenvalue weighted by molar-refractivity contribution is 5.92. The Kier molecular flexibility index (Phi) is 5.71. The Morgan fingerprint density at radius 3 is 2.76 bits per heavy atom. The molecule has 25 heavy (non-hydrogen) atoms. The molecule has 1 aliphatic carbocycles. The summed E-state index contributed by atoms with van der Waals surface area (Å²) in [6.07, 6.45) is 3.62. The maximum Gasteiger partial charge on any atom is 0.193 e. The molecule has 2 aromatic carbocycles. The molecule has 0 radical (unpaired) electrons.